The van der Waals surface area contributed by atoms with Gasteiger partial charge in [-0.15, -0.1) is 0 Å². The summed E-state index contributed by atoms with van der Waals surface area (Å²) in [4.78, 5) is 14.4. The van der Waals surface area contributed by atoms with Gasteiger partial charge < -0.3 is 10.1 Å². The number of esters is 1. The molecule has 4 nitrogen and oxygen atoms in total. The zero-order chi connectivity index (χ0) is 12.0. The number of hydrogen-bond acceptors (Lipinski definition) is 4. The Labute approximate surface area is 91.6 Å². The molecule has 0 aliphatic rings. The Balaban J connectivity index is 2.40. The third-order valence-electron chi connectivity index (χ3n) is 1.73. The summed E-state index contributed by atoms with van der Waals surface area (Å²) in [7, 11) is 0. The number of carbonyl (C=O) groups excluding carboxylic acids is 1. The Morgan fingerprint density at radius 2 is 2.31 bits per heavy atom. The van der Waals surface area contributed by atoms with Gasteiger partial charge in [0.2, 0.25) is 0 Å². The fourth-order valence-electron chi connectivity index (χ4n) is 1.06. The van der Waals surface area contributed by atoms with Crippen molar-refractivity contribution < 1.29 is 18.3 Å². The third-order valence-corrected chi connectivity index (χ3v) is 1.73. The van der Waals surface area contributed by atoms with E-state index in [1.54, 1.807) is 6.92 Å². The molecule has 0 unspecified atom stereocenters. The minimum Gasteiger partial charge on any atom is -0.466 e. The summed E-state index contributed by atoms with van der Waals surface area (Å²) in [5, 5.41) is 2.58. The van der Waals surface area contributed by atoms with Gasteiger partial charge in [0, 0.05) is 12.6 Å². The van der Waals surface area contributed by atoms with Gasteiger partial charge in [-0.1, -0.05) is 0 Å². The van der Waals surface area contributed by atoms with Crippen molar-refractivity contribution in [1.29, 1.82) is 0 Å². The number of nitrogens with one attached hydrogen (secondary N) is 1. The second-order valence-corrected chi connectivity index (χ2v) is 2.97. The van der Waals surface area contributed by atoms with Crippen LogP contribution in [0, 0.1) is 11.6 Å². The second-order valence-electron chi connectivity index (χ2n) is 2.97. The number of carbonyl (C=O) groups is 1. The van der Waals surface area contributed by atoms with Crippen molar-refractivity contribution in [3.8, 4) is 0 Å². The lowest BCUT2D eigenvalue weighted by Crippen LogP contribution is -2.12. The Kier molecular flexibility index (Phi) is 4.63. The lowest BCUT2D eigenvalue weighted by Gasteiger charge is -2.05. The number of aromatic nitrogens is 1. The van der Waals surface area contributed by atoms with Crippen LogP contribution in [0.1, 0.15) is 13.3 Å². The van der Waals surface area contributed by atoms with Crippen molar-refractivity contribution in [2.24, 2.45) is 0 Å². The monoisotopic (exact) mass is 230 g/mol. The zero-order valence-electron chi connectivity index (χ0n) is 8.80. The molecule has 0 spiro atoms. The van der Waals surface area contributed by atoms with E-state index in [2.05, 4.69) is 15.0 Å². The van der Waals surface area contributed by atoms with Crippen LogP contribution in [0.25, 0.3) is 0 Å². The van der Waals surface area contributed by atoms with Gasteiger partial charge in [-0.2, -0.15) is 0 Å². The molecule has 16 heavy (non-hydrogen) atoms. The Morgan fingerprint density at radius 1 is 1.56 bits per heavy atom. The molecule has 0 aliphatic carbocycles. The molecule has 0 radical (unpaired) electrons. The summed E-state index contributed by atoms with van der Waals surface area (Å²) >= 11 is 0. The highest BCUT2D eigenvalue weighted by molar-refractivity contribution is 5.69. The predicted octanol–water partition coefficient (Wildman–Crippen LogP) is 1.72. The van der Waals surface area contributed by atoms with Crippen molar-refractivity contribution in [1.82, 2.24) is 4.98 Å². The van der Waals surface area contributed by atoms with Crippen LogP contribution in [-0.4, -0.2) is 24.1 Å². The molecule has 1 rings (SSSR count). The molecule has 1 aromatic heterocycles. The number of ether oxygens (including phenoxy) is 1. The smallest absolute Gasteiger partial charge is 0.307 e. The van der Waals surface area contributed by atoms with Crippen LogP contribution < -0.4 is 5.32 Å². The molecule has 1 heterocycles. The number of hydrogen-bond donors (Lipinski definition) is 1. The van der Waals surface area contributed by atoms with Gasteiger partial charge in [0.25, 0.3) is 0 Å². The molecule has 0 saturated carbocycles. The van der Waals surface area contributed by atoms with E-state index in [-0.39, 0.29) is 24.8 Å². The first-order chi connectivity index (χ1) is 7.63. The molecule has 0 saturated heterocycles. The first kappa shape index (κ1) is 12.4. The molecule has 0 aliphatic heterocycles. The van der Waals surface area contributed by atoms with Gasteiger partial charge in [0.05, 0.1) is 19.2 Å². The summed E-state index contributed by atoms with van der Waals surface area (Å²) in [6.45, 7) is 2.20. The van der Waals surface area contributed by atoms with E-state index < -0.39 is 11.6 Å². The normalized spacial score (nSPS) is 9.94. The van der Waals surface area contributed by atoms with Crippen LogP contribution in [0.3, 0.4) is 0 Å². The highest BCUT2D eigenvalue weighted by Crippen LogP contribution is 2.10. The van der Waals surface area contributed by atoms with Crippen molar-refractivity contribution in [2.75, 3.05) is 18.5 Å². The van der Waals surface area contributed by atoms with Crippen LogP contribution in [0.15, 0.2) is 12.3 Å². The zero-order valence-corrected chi connectivity index (χ0v) is 8.80. The molecular formula is C10H12F2N2O2. The highest BCUT2D eigenvalue weighted by atomic mass is 19.1. The highest BCUT2D eigenvalue weighted by Gasteiger charge is 2.06. The maximum Gasteiger partial charge on any atom is 0.307 e. The second kappa shape index (κ2) is 5.99. The maximum absolute atomic E-state index is 13.0. The average Bonchev–Trinajstić information content (AvgIpc) is 2.22. The van der Waals surface area contributed by atoms with Crippen molar-refractivity contribution in [3.63, 3.8) is 0 Å². The molecular weight excluding hydrogens is 218 g/mol. The van der Waals surface area contributed by atoms with Gasteiger partial charge in [0.15, 0.2) is 11.6 Å². The van der Waals surface area contributed by atoms with Gasteiger partial charge in [-0.3, -0.25) is 4.79 Å². The SMILES string of the molecule is CCOC(=O)CCNc1ncc(F)cc1F. The summed E-state index contributed by atoms with van der Waals surface area (Å²) < 4.78 is 30.2. The minimum atomic E-state index is -0.788. The number of nitrogens with zero attached hydrogens (tertiary/aromatic N) is 1. The number of pyridine rings is 1. The Bertz CT molecular complexity index is 372. The predicted molar refractivity (Wildman–Crippen MR) is 53.9 cm³/mol. The van der Waals surface area contributed by atoms with E-state index in [4.69, 9.17) is 0 Å². The molecule has 6 heteroatoms. The van der Waals surface area contributed by atoms with Crippen molar-refractivity contribution in [3.05, 3.63) is 23.9 Å². The van der Waals surface area contributed by atoms with Crippen molar-refractivity contribution in [2.45, 2.75) is 13.3 Å². The molecule has 0 fully saturated rings. The summed E-state index contributed by atoms with van der Waals surface area (Å²) in [5.41, 5.74) is 0. The van der Waals surface area contributed by atoms with Crippen LogP contribution >= 0.6 is 0 Å². The van der Waals surface area contributed by atoms with Crippen LogP contribution in [0.4, 0.5) is 14.6 Å². The summed E-state index contributed by atoms with van der Waals surface area (Å²) in [6, 6.07) is 0.722. The van der Waals surface area contributed by atoms with E-state index in [1.807, 2.05) is 0 Å². The first-order valence-electron chi connectivity index (χ1n) is 4.84. The van der Waals surface area contributed by atoms with Gasteiger partial charge in [0.1, 0.15) is 5.82 Å². The number of rotatable bonds is 5. The van der Waals surface area contributed by atoms with Crippen LogP contribution in [0.2, 0.25) is 0 Å². The Morgan fingerprint density at radius 3 is 2.94 bits per heavy atom. The standard InChI is InChI=1S/C10H12F2N2O2/c1-2-16-9(15)3-4-13-10-8(12)5-7(11)6-14-10/h5-6H,2-4H2,1H3,(H,13,14). The lowest BCUT2D eigenvalue weighted by atomic mass is 10.4. The molecule has 0 atom stereocenters. The van der Waals surface area contributed by atoms with E-state index in [1.165, 1.54) is 0 Å². The molecule has 0 bridgehead atoms. The summed E-state index contributed by atoms with van der Waals surface area (Å²) in [5.74, 6) is -1.99. The molecule has 1 aromatic rings. The van der Waals surface area contributed by atoms with Crippen molar-refractivity contribution >= 4 is 11.8 Å². The van der Waals surface area contributed by atoms with E-state index >= 15 is 0 Å². The molecule has 0 amide bonds. The fourth-order valence-corrected chi connectivity index (χ4v) is 1.06. The average molecular weight is 230 g/mol. The molecule has 1 N–H and O–H groups in total. The van der Waals surface area contributed by atoms with E-state index in [9.17, 15) is 13.6 Å². The van der Waals surface area contributed by atoms with Gasteiger partial charge >= 0.3 is 5.97 Å². The maximum atomic E-state index is 13.0. The summed E-state index contributed by atoms with van der Waals surface area (Å²) in [6.07, 6.45) is 1.00. The minimum absolute atomic E-state index is 0.0781. The number of anilines is 1. The Hall–Kier alpha value is -1.72. The molecule has 88 valence electrons. The van der Waals surface area contributed by atoms with Crippen LogP contribution in [0.5, 0.6) is 0 Å². The third kappa shape index (κ3) is 3.80. The first-order valence-corrected chi connectivity index (χ1v) is 4.84. The lowest BCUT2D eigenvalue weighted by molar-refractivity contribution is -0.142. The van der Waals surface area contributed by atoms with Crippen LogP contribution in [-0.2, 0) is 9.53 Å². The topological polar surface area (TPSA) is 51.2 Å². The quantitative estimate of drug-likeness (QED) is 0.782. The largest absolute Gasteiger partial charge is 0.466 e. The van der Waals surface area contributed by atoms with Gasteiger partial charge in [-0.25, -0.2) is 13.8 Å². The van der Waals surface area contributed by atoms with E-state index in [0.29, 0.717) is 6.61 Å². The van der Waals surface area contributed by atoms with Gasteiger partial charge in [-0.05, 0) is 6.92 Å². The molecule has 0 aromatic carbocycles. The van der Waals surface area contributed by atoms with E-state index in [0.717, 1.165) is 12.3 Å². The fraction of sp³-hybridized carbons (Fsp3) is 0.400. The number of halogens is 2.